The maximum atomic E-state index is 12.0. The van der Waals surface area contributed by atoms with E-state index in [-0.39, 0.29) is 6.54 Å². The molecule has 30 heavy (non-hydrogen) atoms. The van der Waals surface area contributed by atoms with Gasteiger partial charge in [-0.15, -0.1) is 0 Å². The summed E-state index contributed by atoms with van der Waals surface area (Å²) < 4.78 is 36.0. The zero-order valence-corrected chi connectivity index (χ0v) is 19.4. The monoisotopic (exact) mass is 434 g/mol. The van der Waals surface area contributed by atoms with Crippen molar-refractivity contribution in [2.75, 3.05) is 26.2 Å². The fourth-order valence-electron chi connectivity index (χ4n) is 3.42. The number of nitrogens with one attached hydrogen (secondary N) is 1. The second-order valence-electron chi connectivity index (χ2n) is 8.13. The van der Waals surface area contributed by atoms with Crippen molar-refractivity contribution in [3.8, 4) is 0 Å². The number of alkyl halides is 3. The van der Waals surface area contributed by atoms with Crippen molar-refractivity contribution in [1.82, 2.24) is 10.2 Å². The smallest absolute Gasteiger partial charge is 0.348 e. The first kappa shape index (κ1) is 29.0. The third-order valence-corrected chi connectivity index (χ3v) is 5.38. The lowest BCUT2D eigenvalue weighted by Gasteiger charge is -2.19. The van der Waals surface area contributed by atoms with Crippen LogP contribution < -0.4 is 5.32 Å². The summed E-state index contributed by atoms with van der Waals surface area (Å²) in [6, 6.07) is 0. The average molecular weight is 435 g/mol. The molecule has 0 saturated heterocycles. The Morgan fingerprint density at radius 2 is 1.27 bits per heavy atom. The molecule has 0 aromatic carbocycles. The number of carbonyl (C=O) groups excluding carboxylic acids is 1. The maximum Gasteiger partial charge on any atom is 0.471 e. The molecule has 0 saturated carbocycles. The molecule has 6 heteroatoms. The van der Waals surface area contributed by atoms with Crippen molar-refractivity contribution in [3.05, 3.63) is 12.2 Å². The van der Waals surface area contributed by atoms with Crippen molar-refractivity contribution < 1.29 is 18.0 Å². The third kappa shape index (κ3) is 19.0. The van der Waals surface area contributed by atoms with Crippen molar-refractivity contribution in [3.63, 3.8) is 0 Å². The molecule has 3 nitrogen and oxygen atoms in total. The zero-order valence-electron chi connectivity index (χ0n) is 19.4. The van der Waals surface area contributed by atoms with E-state index >= 15 is 0 Å². The lowest BCUT2D eigenvalue weighted by Crippen LogP contribution is -2.37. The minimum absolute atomic E-state index is 0.108. The van der Waals surface area contributed by atoms with E-state index in [1.165, 1.54) is 64.5 Å². The van der Waals surface area contributed by atoms with Gasteiger partial charge in [0.25, 0.3) is 0 Å². The molecular weight excluding hydrogens is 389 g/mol. The van der Waals surface area contributed by atoms with Crippen molar-refractivity contribution in [2.24, 2.45) is 0 Å². The topological polar surface area (TPSA) is 32.3 Å². The van der Waals surface area contributed by atoms with Crippen LogP contribution in [0.15, 0.2) is 12.2 Å². The Morgan fingerprint density at radius 1 is 0.767 bits per heavy atom. The molecule has 0 atom stereocenters. The summed E-state index contributed by atoms with van der Waals surface area (Å²) in [5.74, 6) is -1.83. The highest BCUT2D eigenvalue weighted by molar-refractivity contribution is 5.81. The highest BCUT2D eigenvalue weighted by Gasteiger charge is 2.38. The maximum absolute atomic E-state index is 12.0. The van der Waals surface area contributed by atoms with Gasteiger partial charge in [-0.1, -0.05) is 70.9 Å². The fraction of sp³-hybridized carbons (Fsp3) is 0.875. The predicted molar refractivity (Wildman–Crippen MR) is 121 cm³/mol. The molecule has 0 fully saturated rings. The number of rotatable bonds is 20. The molecule has 178 valence electrons. The number of halogens is 3. The minimum atomic E-state index is -4.77. The number of hydrogen-bond acceptors (Lipinski definition) is 2. The van der Waals surface area contributed by atoms with Crippen LogP contribution in [0, 0.1) is 0 Å². The van der Waals surface area contributed by atoms with Gasteiger partial charge in [-0.2, -0.15) is 13.2 Å². The number of allylic oxidation sites excluding steroid dienone is 2. The molecule has 1 amide bonds. The van der Waals surface area contributed by atoms with Crippen molar-refractivity contribution in [1.29, 1.82) is 0 Å². The Hall–Kier alpha value is -1.04. The van der Waals surface area contributed by atoms with Crippen LogP contribution in [0.5, 0.6) is 0 Å². The summed E-state index contributed by atoms with van der Waals surface area (Å²) in [4.78, 5) is 13.2. The highest BCUT2D eigenvalue weighted by Crippen LogP contribution is 2.14. The molecule has 0 heterocycles. The van der Waals surface area contributed by atoms with Gasteiger partial charge >= 0.3 is 12.1 Å². The lowest BCUT2D eigenvalue weighted by molar-refractivity contribution is -0.173. The molecule has 0 spiro atoms. The highest BCUT2D eigenvalue weighted by atomic mass is 19.4. The third-order valence-electron chi connectivity index (χ3n) is 5.38. The molecule has 1 N–H and O–H groups in total. The molecule has 0 radical (unpaired) electrons. The molecule has 0 aliphatic heterocycles. The van der Waals surface area contributed by atoms with Crippen molar-refractivity contribution >= 4 is 5.91 Å². The van der Waals surface area contributed by atoms with E-state index in [9.17, 15) is 18.0 Å². The lowest BCUT2D eigenvalue weighted by atomic mass is 10.1. The Balaban J connectivity index is 3.35. The normalized spacial score (nSPS) is 12.2. The van der Waals surface area contributed by atoms with E-state index in [0.717, 1.165) is 38.6 Å². The molecule has 0 rings (SSSR count). The van der Waals surface area contributed by atoms with E-state index < -0.39 is 12.1 Å². The van der Waals surface area contributed by atoms with Crippen LogP contribution in [-0.2, 0) is 4.79 Å². The van der Waals surface area contributed by atoms with Crippen LogP contribution in [0.2, 0.25) is 0 Å². The van der Waals surface area contributed by atoms with Gasteiger partial charge in [-0.25, -0.2) is 0 Å². The van der Waals surface area contributed by atoms with Gasteiger partial charge in [0.15, 0.2) is 0 Å². The molecular formula is C24H45F3N2O. The molecule has 0 unspecified atom stereocenters. The second-order valence-corrected chi connectivity index (χ2v) is 8.13. The van der Waals surface area contributed by atoms with Crippen LogP contribution in [0.4, 0.5) is 13.2 Å². The first-order valence-corrected chi connectivity index (χ1v) is 12.1. The van der Waals surface area contributed by atoms with E-state index in [4.69, 9.17) is 0 Å². The van der Waals surface area contributed by atoms with Gasteiger partial charge in [0.1, 0.15) is 0 Å². The van der Waals surface area contributed by atoms with Gasteiger partial charge in [0.05, 0.1) is 0 Å². The quantitative estimate of drug-likeness (QED) is 0.165. The summed E-state index contributed by atoms with van der Waals surface area (Å²) in [5.41, 5.74) is 0. The predicted octanol–water partition coefficient (Wildman–Crippen LogP) is 7.02. The molecule has 0 aromatic heterocycles. The number of unbranched alkanes of at least 4 members (excludes halogenated alkanes) is 11. The Bertz CT molecular complexity index is 425. The molecule has 0 aromatic rings. The minimum Gasteiger partial charge on any atom is -0.348 e. The number of hydrogen-bond donors (Lipinski definition) is 1. The van der Waals surface area contributed by atoms with E-state index in [0.29, 0.717) is 6.42 Å². The molecule has 0 aliphatic rings. The van der Waals surface area contributed by atoms with Gasteiger partial charge in [-0.3, -0.25) is 4.79 Å². The average Bonchev–Trinajstić information content (AvgIpc) is 2.71. The summed E-state index contributed by atoms with van der Waals surface area (Å²) in [5, 5.41) is 1.91. The van der Waals surface area contributed by atoms with Crippen LogP contribution >= 0.6 is 0 Å². The van der Waals surface area contributed by atoms with E-state index in [1.807, 2.05) is 5.32 Å². The standard InChI is InChI=1S/C24H45F3N2O/c1-3-5-18-21-29(4-2)22-19-16-14-12-10-8-6-7-9-11-13-15-17-20-28-23(30)24(25,26)27/h8,10H,3-7,9,11-22H2,1-2H3,(H,28,30)/b10-8-. The first-order valence-electron chi connectivity index (χ1n) is 12.1. The zero-order chi connectivity index (χ0) is 22.5. The Morgan fingerprint density at radius 3 is 1.80 bits per heavy atom. The second kappa shape index (κ2) is 19.9. The van der Waals surface area contributed by atoms with Gasteiger partial charge < -0.3 is 10.2 Å². The van der Waals surface area contributed by atoms with Crippen LogP contribution in [0.25, 0.3) is 0 Å². The summed E-state index contributed by atoms with van der Waals surface area (Å²) in [6.07, 6.45) is 15.9. The summed E-state index contributed by atoms with van der Waals surface area (Å²) >= 11 is 0. The van der Waals surface area contributed by atoms with E-state index in [2.05, 4.69) is 30.9 Å². The van der Waals surface area contributed by atoms with Gasteiger partial charge in [0, 0.05) is 6.54 Å². The van der Waals surface area contributed by atoms with Crippen LogP contribution in [-0.4, -0.2) is 43.2 Å². The van der Waals surface area contributed by atoms with Gasteiger partial charge in [0.2, 0.25) is 0 Å². The Labute approximate surface area is 182 Å². The van der Waals surface area contributed by atoms with Crippen LogP contribution in [0.3, 0.4) is 0 Å². The van der Waals surface area contributed by atoms with Gasteiger partial charge in [-0.05, 0) is 64.6 Å². The van der Waals surface area contributed by atoms with E-state index in [1.54, 1.807) is 0 Å². The number of carbonyl (C=O) groups is 1. The summed E-state index contributed by atoms with van der Waals surface area (Å²) in [6.45, 7) is 8.27. The molecule has 0 bridgehead atoms. The Kier molecular flexibility index (Phi) is 19.2. The molecule has 0 aliphatic carbocycles. The fourth-order valence-corrected chi connectivity index (χ4v) is 3.42. The number of nitrogens with zero attached hydrogens (tertiary/aromatic N) is 1. The van der Waals surface area contributed by atoms with Crippen molar-refractivity contribution in [2.45, 2.75) is 110 Å². The summed E-state index contributed by atoms with van der Waals surface area (Å²) in [7, 11) is 0. The number of amides is 1. The largest absolute Gasteiger partial charge is 0.471 e. The van der Waals surface area contributed by atoms with Crippen LogP contribution in [0.1, 0.15) is 104 Å². The first-order chi connectivity index (χ1) is 14.4. The SMILES string of the molecule is CCCCCN(CC)CCCCC/C=C\CCCCCCCCNC(=O)C(F)(F)F.